The highest BCUT2D eigenvalue weighted by Gasteiger charge is 2.14. The number of aryl methyl sites for hydroxylation is 1. The molecule has 0 bridgehead atoms. The Kier molecular flexibility index (Phi) is 4.73. The molecule has 1 amide bonds. The summed E-state index contributed by atoms with van der Waals surface area (Å²) in [6.07, 6.45) is 1.31. The minimum Gasteiger partial charge on any atom is -0.505 e. The van der Waals surface area contributed by atoms with Gasteiger partial charge < -0.3 is 15.5 Å². The maximum atomic E-state index is 11.8. The van der Waals surface area contributed by atoms with Gasteiger partial charge in [-0.3, -0.25) is 9.59 Å². The van der Waals surface area contributed by atoms with Crippen molar-refractivity contribution in [2.75, 3.05) is 6.54 Å². The Balaban J connectivity index is 2.14. The lowest BCUT2D eigenvalue weighted by Crippen LogP contribution is -2.26. The van der Waals surface area contributed by atoms with Crippen molar-refractivity contribution in [3.63, 3.8) is 0 Å². The number of benzene rings is 1. The second-order valence-corrected chi connectivity index (χ2v) is 4.86. The molecule has 0 fully saturated rings. The van der Waals surface area contributed by atoms with Gasteiger partial charge in [0.1, 0.15) is 5.75 Å². The first-order valence-corrected chi connectivity index (χ1v) is 6.73. The SMILES string of the molecule is Cc1ccc(-c2cnc(C(=O)NCCC(=O)O)c(O)c2)cc1. The van der Waals surface area contributed by atoms with Gasteiger partial charge in [0.2, 0.25) is 0 Å². The minimum absolute atomic E-state index is 0.0188. The molecule has 0 saturated heterocycles. The molecular weight excluding hydrogens is 284 g/mol. The van der Waals surface area contributed by atoms with E-state index in [2.05, 4.69) is 10.3 Å². The molecule has 0 unspecified atom stereocenters. The molecule has 0 atom stereocenters. The molecule has 0 aliphatic carbocycles. The lowest BCUT2D eigenvalue weighted by Gasteiger charge is -2.07. The number of amides is 1. The van der Waals surface area contributed by atoms with Crippen LogP contribution < -0.4 is 5.32 Å². The van der Waals surface area contributed by atoms with Crippen LogP contribution in [-0.4, -0.2) is 33.6 Å². The quantitative estimate of drug-likeness (QED) is 0.784. The van der Waals surface area contributed by atoms with E-state index in [0.29, 0.717) is 5.56 Å². The first-order chi connectivity index (χ1) is 10.5. The van der Waals surface area contributed by atoms with Gasteiger partial charge in [-0.15, -0.1) is 0 Å². The Morgan fingerprint density at radius 2 is 1.86 bits per heavy atom. The lowest BCUT2D eigenvalue weighted by atomic mass is 10.1. The second-order valence-electron chi connectivity index (χ2n) is 4.86. The topological polar surface area (TPSA) is 99.5 Å². The van der Waals surface area contributed by atoms with E-state index in [9.17, 15) is 14.7 Å². The Hall–Kier alpha value is -2.89. The summed E-state index contributed by atoms with van der Waals surface area (Å²) < 4.78 is 0. The van der Waals surface area contributed by atoms with Crippen molar-refractivity contribution in [3.05, 3.63) is 47.8 Å². The summed E-state index contributed by atoms with van der Waals surface area (Å²) in [6.45, 7) is 1.96. The predicted molar refractivity (Wildman–Crippen MR) is 80.7 cm³/mol. The number of carboxylic acids is 1. The Labute approximate surface area is 127 Å². The van der Waals surface area contributed by atoms with Gasteiger partial charge in [0.25, 0.3) is 5.91 Å². The van der Waals surface area contributed by atoms with Crippen LogP contribution >= 0.6 is 0 Å². The molecule has 1 heterocycles. The van der Waals surface area contributed by atoms with E-state index >= 15 is 0 Å². The number of rotatable bonds is 5. The van der Waals surface area contributed by atoms with Gasteiger partial charge >= 0.3 is 5.97 Å². The van der Waals surface area contributed by atoms with Crippen molar-refractivity contribution in [1.82, 2.24) is 10.3 Å². The third-order valence-corrected chi connectivity index (χ3v) is 3.09. The summed E-state index contributed by atoms with van der Waals surface area (Å²) in [5, 5.41) is 20.9. The summed E-state index contributed by atoms with van der Waals surface area (Å²) in [7, 11) is 0. The number of carboxylic acid groups (broad SMARTS) is 1. The van der Waals surface area contributed by atoms with Crippen LogP contribution in [0.25, 0.3) is 11.1 Å². The average Bonchev–Trinajstić information content (AvgIpc) is 2.47. The molecule has 0 radical (unpaired) electrons. The maximum absolute atomic E-state index is 11.8. The van der Waals surface area contributed by atoms with Crippen LogP contribution in [0.2, 0.25) is 0 Å². The molecule has 1 aromatic carbocycles. The third-order valence-electron chi connectivity index (χ3n) is 3.09. The molecule has 2 aromatic rings. The molecule has 3 N–H and O–H groups in total. The molecule has 22 heavy (non-hydrogen) atoms. The van der Waals surface area contributed by atoms with Crippen LogP contribution in [0.15, 0.2) is 36.5 Å². The highest BCUT2D eigenvalue weighted by molar-refractivity contribution is 5.95. The van der Waals surface area contributed by atoms with Gasteiger partial charge in [0.05, 0.1) is 6.42 Å². The van der Waals surface area contributed by atoms with E-state index in [4.69, 9.17) is 5.11 Å². The number of carbonyl (C=O) groups is 2. The molecule has 0 aliphatic rings. The minimum atomic E-state index is -1.01. The number of aliphatic carboxylic acids is 1. The van der Waals surface area contributed by atoms with Gasteiger partial charge in [-0.05, 0) is 18.6 Å². The van der Waals surface area contributed by atoms with Gasteiger partial charge in [0.15, 0.2) is 5.69 Å². The van der Waals surface area contributed by atoms with E-state index in [1.807, 2.05) is 31.2 Å². The molecule has 2 rings (SSSR count). The average molecular weight is 300 g/mol. The molecule has 0 saturated carbocycles. The van der Waals surface area contributed by atoms with E-state index in [0.717, 1.165) is 11.1 Å². The lowest BCUT2D eigenvalue weighted by molar-refractivity contribution is -0.136. The van der Waals surface area contributed by atoms with Gasteiger partial charge in [-0.25, -0.2) is 4.98 Å². The van der Waals surface area contributed by atoms with Crippen molar-refractivity contribution in [2.45, 2.75) is 13.3 Å². The van der Waals surface area contributed by atoms with E-state index < -0.39 is 11.9 Å². The molecule has 0 spiro atoms. The highest BCUT2D eigenvalue weighted by atomic mass is 16.4. The van der Waals surface area contributed by atoms with Crippen LogP contribution in [0.1, 0.15) is 22.5 Å². The monoisotopic (exact) mass is 300 g/mol. The standard InChI is InChI=1S/C16H16N2O4/c1-10-2-4-11(5-3-10)12-8-13(19)15(18-9-12)16(22)17-7-6-14(20)21/h2-5,8-9,19H,6-7H2,1H3,(H,17,22)(H,20,21). The number of pyridine rings is 1. The summed E-state index contributed by atoms with van der Waals surface area (Å²) in [5.74, 6) is -1.85. The zero-order valence-corrected chi connectivity index (χ0v) is 12.0. The highest BCUT2D eigenvalue weighted by Crippen LogP contribution is 2.24. The summed E-state index contributed by atoms with van der Waals surface area (Å²) in [5.41, 5.74) is 2.57. The van der Waals surface area contributed by atoms with Crippen LogP contribution in [0.3, 0.4) is 0 Å². The summed E-state index contributed by atoms with van der Waals surface area (Å²) >= 11 is 0. The number of carbonyl (C=O) groups excluding carboxylic acids is 1. The molecule has 0 aliphatic heterocycles. The number of hydrogen-bond donors (Lipinski definition) is 3. The Morgan fingerprint density at radius 3 is 2.45 bits per heavy atom. The van der Waals surface area contributed by atoms with Crippen LogP contribution in [0.4, 0.5) is 0 Å². The third kappa shape index (κ3) is 3.82. The smallest absolute Gasteiger partial charge is 0.305 e. The van der Waals surface area contributed by atoms with E-state index in [1.54, 1.807) is 0 Å². The van der Waals surface area contributed by atoms with Gasteiger partial charge in [-0.2, -0.15) is 0 Å². The Morgan fingerprint density at radius 1 is 1.18 bits per heavy atom. The van der Waals surface area contributed by atoms with Crippen LogP contribution in [0, 0.1) is 6.92 Å². The number of aromatic nitrogens is 1. The first kappa shape index (κ1) is 15.5. The fraction of sp³-hybridized carbons (Fsp3) is 0.188. The fourth-order valence-electron chi connectivity index (χ4n) is 1.90. The number of nitrogens with one attached hydrogen (secondary N) is 1. The van der Waals surface area contributed by atoms with Crippen LogP contribution in [-0.2, 0) is 4.79 Å². The van der Waals surface area contributed by atoms with Crippen molar-refractivity contribution in [3.8, 4) is 16.9 Å². The van der Waals surface area contributed by atoms with E-state index in [1.165, 1.54) is 12.3 Å². The first-order valence-electron chi connectivity index (χ1n) is 6.73. The molecule has 114 valence electrons. The fourth-order valence-corrected chi connectivity index (χ4v) is 1.90. The van der Waals surface area contributed by atoms with Crippen molar-refractivity contribution in [2.24, 2.45) is 0 Å². The van der Waals surface area contributed by atoms with Crippen molar-refractivity contribution >= 4 is 11.9 Å². The molecular formula is C16H16N2O4. The zero-order valence-electron chi connectivity index (χ0n) is 12.0. The van der Waals surface area contributed by atoms with Crippen LogP contribution in [0.5, 0.6) is 5.75 Å². The summed E-state index contributed by atoms with van der Waals surface area (Å²) in [6, 6.07) is 9.15. The predicted octanol–water partition coefficient (Wildman–Crippen LogP) is 1.97. The van der Waals surface area contributed by atoms with Crippen molar-refractivity contribution < 1.29 is 19.8 Å². The normalized spacial score (nSPS) is 10.2. The second kappa shape index (κ2) is 6.71. The van der Waals surface area contributed by atoms with Gasteiger partial charge in [0, 0.05) is 18.3 Å². The largest absolute Gasteiger partial charge is 0.505 e. The zero-order chi connectivity index (χ0) is 16.1. The number of hydrogen-bond acceptors (Lipinski definition) is 4. The van der Waals surface area contributed by atoms with Gasteiger partial charge in [-0.1, -0.05) is 29.8 Å². The molecule has 6 nitrogen and oxygen atoms in total. The Bertz CT molecular complexity index is 696. The molecule has 6 heteroatoms. The summed E-state index contributed by atoms with van der Waals surface area (Å²) in [4.78, 5) is 26.2. The number of aromatic hydroxyl groups is 1. The maximum Gasteiger partial charge on any atom is 0.305 e. The molecule has 1 aromatic heterocycles. The number of nitrogens with zero attached hydrogens (tertiary/aromatic N) is 1. The van der Waals surface area contributed by atoms with Crippen molar-refractivity contribution in [1.29, 1.82) is 0 Å². The van der Waals surface area contributed by atoms with E-state index in [-0.39, 0.29) is 24.4 Å².